The predicted molar refractivity (Wildman–Crippen MR) is 67.7 cm³/mol. The maximum atomic E-state index is 10.4. The van der Waals surface area contributed by atoms with Gasteiger partial charge in [0.2, 0.25) is 18.0 Å². The van der Waals surface area contributed by atoms with Crippen molar-refractivity contribution >= 4 is 136 Å². The van der Waals surface area contributed by atoms with Crippen LogP contribution < -0.4 is 10.6 Å². The molecule has 0 aromatic rings. The summed E-state index contributed by atoms with van der Waals surface area (Å²) in [6.45, 7) is 2.33. The van der Waals surface area contributed by atoms with E-state index in [1.807, 2.05) is 10.6 Å². The Morgan fingerprint density at radius 1 is 0.875 bits per heavy atom. The van der Waals surface area contributed by atoms with E-state index in [0.717, 1.165) is 13.8 Å². The number of nitrogens with one attached hydrogen (secondary N) is 2. The summed E-state index contributed by atoms with van der Waals surface area (Å²) in [7, 11) is 0. The normalized spacial score (nSPS) is 6.94. The molecule has 0 aliphatic rings. The summed E-state index contributed by atoms with van der Waals surface area (Å²) >= 11 is 0. The number of hydrogen-bond acceptors (Lipinski definition) is 3. The molecule has 0 fully saturated rings. The zero-order valence-corrected chi connectivity index (χ0v) is 6.75. The van der Waals surface area contributed by atoms with Crippen molar-refractivity contribution in [1.82, 2.24) is 10.6 Å². The van der Waals surface area contributed by atoms with Gasteiger partial charge in [-0.15, -0.1) is 0 Å². The van der Waals surface area contributed by atoms with Crippen LogP contribution in [-0.4, -0.2) is 147 Å². The van der Waals surface area contributed by atoms with Crippen molar-refractivity contribution in [2.45, 2.75) is 20.0 Å². The number of carbonyl (C=O) groups excluding carboxylic acids is 2. The Hall–Kier alpha value is 2.41. The standard InChI is InChI=1S/C6H10N2O4.4Na.4H/c1-3(9)7-5(6(11)12)8-4(2)10;;;;;;;;/h5H,1-2H3,(H,7,9)(H,8,10)(H,11,12);;;;;;;;. The number of hydrogen-bond donors (Lipinski definition) is 3. The second-order valence-corrected chi connectivity index (χ2v) is 2.17. The Labute approximate surface area is 183 Å². The molecular weight excluding hydrogens is 256 g/mol. The number of aliphatic carboxylic acids is 1. The van der Waals surface area contributed by atoms with E-state index in [4.69, 9.17) is 5.11 Å². The predicted octanol–water partition coefficient (Wildman–Crippen LogP) is -3.92. The van der Waals surface area contributed by atoms with Crippen molar-refractivity contribution < 1.29 is 19.5 Å². The van der Waals surface area contributed by atoms with Crippen LogP contribution in [0.5, 0.6) is 0 Å². The van der Waals surface area contributed by atoms with Crippen molar-refractivity contribution in [3.05, 3.63) is 0 Å². The van der Waals surface area contributed by atoms with E-state index in [-0.39, 0.29) is 118 Å². The average Bonchev–Trinajstić information content (AvgIpc) is 1.83. The first kappa shape index (κ1) is 31.0. The Balaban J connectivity index is -0.000000101. The molecule has 0 rings (SSSR count). The minimum atomic E-state index is -1.35. The van der Waals surface area contributed by atoms with E-state index < -0.39 is 23.9 Å². The quantitative estimate of drug-likeness (QED) is 0.360. The molecule has 0 aromatic heterocycles. The number of rotatable bonds is 3. The van der Waals surface area contributed by atoms with Gasteiger partial charge in [0.25, 0.3) is 0 Å². The van der Waals surface area contributed by atoms with Gasteiger partial charge in [-0.1, -0.05) is 0 Å². The van der Waals surface area contributed by atoms with Gasteiger partial charge in [0, 0.05) is 13.8 Å². The minimum absolute atomic E-state index is 0. The molecule has 76 valence electrons. The first-order chi connectivity index (χ1) is 5.43. The van der Waals surface area contributed by atoms with Crippen LogP contribution in [0.2, 0.25) is 0 Å². The van der Waals surface area contributed by atoms with Gasteiger partial charge in [0.15, 0.2) is 0 Å². The van der Waals surface area contributed by atoms with Crippen molar-refractivity contribution in [3.8, 4) is 0 Å². The number of amides is 2. The summed E-state index contributed by atoms with van der Waals surface area (Å²) in [6.07, 6.45) is -1.35. The van der Waals surface area contributed by atoms with Crippen LogP contribution in [0.4, 0.5) is 0 Å². The molecule has 0 spiro atoms. The van der Waals surface area contributed by atoms with Crippen LogP contribution in [-0.2, 0) is 14.4 Å². The van der Waals surface area contributed by atoms with E-state index in [9.17, 15) is 14.4 Å². The molecule has 0 bridgehead atoms. The molecule has 3 N–H and O–H groups in total. The molecule has 0 aliphatic heterocycles. The molecule has 0 aromatic carbocycles. The fourth-order valence-electron chi connectivity index (χ4n) is 0.566. The summed E-state index contributed by atoms with van der Waals surface area (Å²) < 4.78 is 0. The Morgan fingerprint density at radius 3 is 1.25 bits per heavy atom. The Kier molecular flexibility index (Phi) is 33.8. The van der Waals surface area contributed by atoms with E-state index in [1.54, 1.807) is 0 Å². The zero-order chi connectivity index (χ0) is 9.72. The third-order valence-electron chi connectivity index (χ3n) is 0.942. The SMILES string of the molecule is CC(=O)NC(NC(C)=O)C(=O)O.[NaH].[NaH].[NaH].[NaH]. The number of carboxylic acid groups (broad SMARTS) is 1. The molecule has 0 aliphatic carbocycles. The molecule has 0 radical (unpaired) electrons. The van der Waals surface area contributed by atoms with Crippen molar-refractivity contribution in [1.29, 1.82) is 0 Å². The van der Waals surface area contributed by atoms with Gasteiger partial charge in [-0.05, 0) is 0 Å². The van der Waals surface area contributed by atoms with Crippen LogP contribution in [0.3, 0.4) is 0 Å². The number of carbonyl (C=O) groups is 3. The summed E-state index contributed by atoms with van der Waals surface area (Å²) in [5, 5.41) is 12.5. The zero-order valence-electron chi connectivity index (χ0n) is 6.75. The Morgan fingerprint density at radius 2 is 1.12 bits per heavy atom. The van der Waals surface area contributed by atoms with Crippen LogP contribution in [0.1, 0.15) is 13.8 Å². The molecule has 10 heteroatoms. The fraction of sp³-hybridized carbons (Fsp3) is 0.500. The van der Waals surface area contributed by atoms with E-state index in [2.05, 4.69) is 0 Å². The van der Waals surface area contributed by atoms with Crippen molar-refractivity contribution in [2.24, 2.45) is 0 Å². The molecule has 0 atom stereocenters. The van der Waals surface area contributed by atoms with Gasteiger partial charge < -0.3 is 15.7 Å². The maximum absolute atomic E-state index is 10.4. The molecule has 0 saturated heterocycles. The van der Waals surface area contributed by atoms with E-state index in [1.165, 1.54) is 0 Å². The molecule has 0 heterocycles. The molecule has 6 nitrogen and oxygen atoms in total. The van der Waals surface area contributed by atoms with Crippen LogP contribution in [0, 0.1) is 0 Å². The van der Waals surface area contributed by atoms with Gasteiger partial charge >= 0.3 is 124 Å². The summed E-state index contributed by atoms with van der Waals surface area (Å²) in [6, 6.07) is 0. The van der Waals surface area contributed by atoms with Gasteiger partial charge in [-0.2, -0.15) is 0 Å². The Bertz CT molecular complexity index is 211. The van der Waals surface area contributed by atoms with E-state index >= 15 is 0 Å². The first-order valence-electron chi connectivity index (χ1n) is 3.20. The monoisotopic (exact) mass is 270 g/mol. The topological polar surface area (TPSA) is 95.5 Å². The van der Waals surface area contributed by atoms with Crippen molar-refractivity contribution in [3.63, 3.8) is 0 Å². The third-order valence-corrected chi connectivity index (χ3v) is 0.942. The van der Waals surface area contributed by atoms with Crippen LogP contribution >= 0.6 is 0 Å². The van der Waals surface area contributed by atoms with Gasteiger partial charge in [0.05, 0.1) is 0 Å². The third kappa shape index (κ3) is 18.8. The fourth-order valence-corrected chi connectivity index (χ4v) is 0.566. The summed E-state index contributed by atoms with van der Waals surface area (Å²) in [4.78, 5) is 31.2. The second kappa shape index (κ2) is 17.4. The van der Waals surface area contributed by atoms with Gasteiger partial charge in [-0.3, -0.25) is 9.59 Å². The van der Waals surface area contributed by atoms with Crippen LogP contribution in [0.15, 0.2) is 0 Å². The molecule has 2 amide bonds. The van der Waals surface area contributed by atoms with Crippen molar-refractivity contribution in [2.75, 3.05) is 0 Å². The summed E-state index contributed by atoms with van der Waals surface area (Å²) in [5.74, 6) is -2.34. The first-order valence-corrected chi connectivity index (χ1v) is 3.20. The molecule has 16 heavy (non-hydrogen) atoms. The van der Waals surface area contributed by atoms with Crippen LogP contribution in [0.25, 0.3) is 0 Å². The average molecular weight is 270 g/mol. The van der Waals surface area contributed by atoms with Gasteiger partial charge in [-0.25, -0.2) is 4.79 Å². The molecular formula is C6H14N2Na4O4. The molecule has 0 saturated carbocycles. The van der Waals surface area contributed by atoms with Gasteiger partial charge in [0.1, 0.15) is 0 Å². The van der Waals surface area contributed by atoms with E-state index in [0.29, 0.717) is 0 Å². The second-order valence-electron chi connectivity index (χ2n) is 2.17. The molecule has 0 unspecified atom stereocenters. The summed E-state index contributed by atoms with van der Waals surface area (Å²) in [5.41, 5.74) is 0. The number of carboxylic acids is 1.